The maximum absolute atomic E-state index is 4.49. The predicted molar refractivity (Wildman–Crippen MR) is 70.7 cm³/mol. The number of nitrogens with zero attached hydrogens (tertiary/aromatic N) is 3. The maximum Gasteiger partial charge on any atom is 0.0724 e. The van der Waals surface area contributed by atoms with Gasteiger partial charge in [0.2, 0.25) is 0 Å². The van der Waals surface area contributed by atoms with Crippen LogP contribution >= 0.6 is 0 Å². The van der Waals surface area contributed by atoms with E-state index < -0.39 is 0 Å². The number of pyridine rings is 1. The zero-order valence-corrected chi connectivity index (χ0v) is 10.8. The lowest BCUT2D eigenvalue weighted by Crippen LogP contribution is -2.17. The van der Waals surface area contributed by atoms with E-state index in [1.165, 1.54) is 18.4 Å². The maximum atomic E-state index is 4.49. The smallest absolute Gasteiger partial charge is 0.0724 e. The Morgan fingerprint density at radius 2 is 2.17 bits per heavy atom. The average molecular weight is 242 g/mol. The summed E-state index contributed by atoms with van der Waals surface area (Å²) in [6.07, 6.45) is 6.56. The molecule has 18 heavy (non-hydrogen) atoms. The minimum atomic E-state index is 0.707. The molecule has 1 aliphatic rings. The molecule has 1 aliphatic carbocycles. The normalized spacial score (nSPS) is 15.0. The van der Waals surface area contributed by atoms with Gasteiger partial charge in [0.15, 0.2) is 0 Å². The van der Waals surface area contributed by atoms with Crippen molar-refractivity contribution in [2.45, 2.75) is 39.3 Å². The summed E-state index contributed by atoms with van der Waals surface area (Å²) in [5.74, 6) is 0. The third-order valence-electron chi connectivity index (χ3n) is 3.23. The molecule has 1 saturated carbocycles. The van der Waals surface area contributed by atoms with E-state index >= 15 is 0 Å². The zero-order valence-electron chi connectivity index (χ0n) is 10.8. The van der Waals surface area contributed by atoms with Crippen LogP contribution in [-0.2, 0) is 6.54 Å². The monoisotopic (exact) mass is 242 g/mol. The number of hydrogen-bond acceptors (Lipinski definition) is 3. The van der Waals surface area contributed by atoms with Gasteiger partial charge >= 0.3 is 0 Å². The zero-order chi connectivity index (χ0) is 12.5. The molecule has 94 valence electrons. The van der Waals surface area contributed by atoms with E-state index in [1.54, 1.807) is 0 Å². The van der Waals surface area contributed by atoms with E-state index in [1.807, 2.05) is 37.0 Å². The summed E-state index contributed by atoms with van der Waals surface area (Å²) in [6, 6.07) is 4.82. The van der Waals surface area contributed by atoms with Crippen LogP contribution in [0.15, 0.2) is 24.5 Å². The Labute approximate surface area is 107 Å². The SMILES string of the molecule is Cc1cc(-n2ccc(C)n2)c(CNC2CC2)cn1. The van der Waals surface area contributed by atoms with E-state index in [0.29, 0.717) is 6.04 Å². The molecule has 1 N–H and O–H groups in total. The van der Waals surface area contributed by atoms with Crippen molar-refractivity contribution in [1.29, 1.82) is 0 Å². The van der Waals surface area contributed by atoms with Crippen LogP contribution in [0.25, 0.3) is 5.69 Å². The first-order valence-corrected chi connectivity index (χ1v) is 6.44. The van der Waals surface area contributed by atoms with Gasteiger partial charge in [0.05, 0.1) is 11.4 Å². The Balaban J connectivity index is 1.91. The van der Waals surface area contributed by atoms with Crippen LogP contribution in [0.5, 0.6) is 0 Å². The minimum Gasteiger partial charge on any atom is -0.310 e. The largest absolute Gasteiger partial charge is 0.310 e. The molecule has 0 amide bonds. The first kappa shape index (κ1) is 11.4. The molecule has 2 aromatic rings. The van der Waals surface area contributed by atoms with Crippen molar-refractivity contribution in [3.8, 4) is 5.69 Å². The highest BCUT2D eigenvalue weighted by Gasteiger charge is 2.20. The van der Waals surface area contributed by atoms with Gasteiger partial charge in [-0.15, -0.1) is 0 Å². The van der Waals surface area contributed by atoms with Crippen LogP contribution < -0.4 is 5.32 Å². The van der Waals surface area contributed by atoms with Gasteiger partial charge in [-0.2, -0.15) is 5.10 Å². The number of rotatable bonds is 4. The summed E-state index contributed by atoms with van der Waals surface area (Å²) in [5.41, 5.74) is 4.39. The Bertz CT molecular complexity index is 555. The third kappa shape index (κ3) is 2.43. The molecule has 0 unspecified atom stereocenters. The van der Waals surface area contributed by atoms with Gasteiger partial charge in [-0.3, -0.25) is 4.98 Å². The van der Waals surface area contributed by atoms with E-state index in [0.717, 1.165) is 23.6 Å². The molecule has 0 spiro atoms. The van der Waals surface area contributed by atoms with Crippen LogP contribution in [0.3, 0.4) is 0 Å². The molecule has 0 bridgehead atoms. The average Bonchev–Trinajstić information content (AvgIpc) is 3.09. The van der Waals surface area contributed by atoms with E-state index in [-0.39, 0.29) is 0 Å². The van der Waals surface area contributed by atoms with Crippen LogP contribution in [0, 0.1) is 13.8 Å². The summed E-state index contributed by atoms with van der Waals surface area (Å²) >= 11 is 0. The van der Waals surface area contributed by atoms with Crippen LogP contribution in [0.1, 0.15) is 29.8 Å². The molecule has 4 nitrogen and oxygen atoms in total. The van der Waals surface area contributed by atoms with Gasteiger partial charge in [-0.1, -0.05) is 0 Å². The molecule has 0 aromatic carbocycles. The number of aromatic nitrogens is 3. The summed E-state index contributed by atoms with van der Waals surface area (Å²) in [6.45, 7) is 4.89. The molecule has 2 aromatic heterocycles. The molecule has 2 heterocycles. The first-order chi connectivity index (χ1) is 8.72. The highest BCUT2D eigenvalue weighted by atomic mass is 15.3. The highest BCUT2D eigenvalue weighted by molar-refractivity contribution is 5.40. The Hall–Kier alpha value is -1.68. The van der Waals surface area contributed by atoms with Crippen molar-refractivity contribution < 1.29 is 0 Å². The van der Waals surface area contributed by atoms with Crippen molar-refractivity contribution in [1.82, 2.24) is 20.1 Å². The number of aryl methyl sites for hydroxylation is 2. The molecular formula is C14H18N4. The van der Waals surface area contributed by atoms with Crippen molar-refractivity contribution in [2.75, 3.05) is 0 Å². The molecule has 0 radical (unpaired) electrons. The van der Waals surface area contributed by atoms with Crippen molar-refractivity contribution in [2.24, 2.45) is 0 Å². The van der Waals surface area contributed by atoms with E-state index in [2.05, 4.69) is 21.5 Å². The second kappa shape index (κ2) is 4.53. The van der Waals surface area contributed by atoms with Gasteiger partial charge in [-0.05, 0) is 38.8 Å². The first-order valence-electron chi connectivity index (χ1n) is 6.44. The molecule has 0 aliphatic heterocycles. The molecule has 0 saturated heterocycles. The Morgan fingerprint density at radius 3 is 2.83 bits per heavy atom. The molecular weight excluding hydrogens is 224 g/mol. The standard InChI is InChI=1S/C14H18N4/c1-10-5-6-18(17-10)14-7-11(2)15-8-12(14)9-16-13-3-4-13/h5-8,13,16H,3-4,9H2,1-2H3. The third-order valence-corrected chi connectivity index (χ3v) is 3.23. The van der Waals surface area contributed by atoms with Crippen LogP contribution in [0.2, 0.25) is 0 Å². The van der Waals surface area contributed by atoms with Crippen LogP contribution in [-0.4, -0.2) is 20.8 Å². The fraction of sp³-hybridized carbons (Fsp3) is 0.429. The highest BCUT2D eigenvalue weighted by Crippen LogP contribution is 2.21. The second-order valence-corrected chi connectivity index (χ2v) is 5.01. The minimum absolute atomic E-state index is 0.707. The molecule has 3 rings (SSSR count). The van der Waals surface area contributed by atoms with Gasteiger partial charge in [0, 0.05) is 36.2 Å². The predicted octanol–water partition coefficient (Wildman–Crippen LogP) is 2.14. The lowest BCUT2D eigenvalue weighted by molar-refractivity contribution is 0.678. The number of hydrogen-bond donors (Lipinski definition) is 1. The quantitative estimate of drug-likeness (QED) is 0.893. The van der Waals surface area contributed by atoms with Gasteiger partial charge in [-0.25, -0.2) is 4.68 Å². The van der Waals surface area contributed by atoms with Crippen LogP contribution in [0.4, 0.5) is 0 Å². The topological polar surface area (TPSA) is 42.7 Å². The number of nitrogens with one attached hydrogen (secondary N) is 1. The van der Waals surface area contributed by atoms with Gasteiger partial charge < -0.3 is 5.32 Å². The van der Waals surface area contributed by atoms with Gasteiger partial charge in [0.1, 0.15) is 0 Å². The summed E-state index contributed by atoms with van der Waals surface area (Å²) in [4.78, 5) is 4.39. The van der Waals surface area contributed by atoms with Crippen molar-refractivity contribution in [3.05, 3.63) is 41.5 Å². The lowest BCUT2D eigenvalue weighted by Gasteiger charge is -2.11. The summed E-state index contributed by atoms with van der Waals surface area (Å²) in [7, 11) is 0. The summed E-state index contributed by atoms with van der Waals surface area (Å²) < 4.78 is 1.94. The second-order valence-electron chi connectivity index (χ2n) is 5.01. The Morgan fingerprint density at radius 1 is 1.33 bits per heavy atom. The van der Waals surface area contributed by atoms with E-state index in [9.17, 15) is 0 Å². The fourth-order valence-electron chi connectivity index (χ4n) is 2.01. The van der Waals surface area contributed by atoms with E-state index in [4.69, 9.17) is 0 Å². The van der Waals surface area contributed by atoms with Gasteiger partial charge in [0.25, 0.3) is 0 Å². The van der Waals surface area contributed by atoms with Crippen molar-refractivity contribution in [3.63, 3.8) is 0 Å². The summed E-state index contributed by atoms with van der Waals surface area (Å²) in [5, 5.41) is 8.01. The molecule has 0 atom stereocenters. The lowest BCUT2D eigenvalue weighted by atomic mass is 10.2. The fourth-order valence-corrected chi connectivity index (χ4v) is 2.01. The molecule has 1 fully saturated rings. The Kier molecular flexibility index (Phi) is 2.88. The van der Waals surface area contributed by atoms with Crippen molar-refractivity contribution >= 4 is 0 Å². The molecule has 4 heteroatoms.